The predicted octanol–water partition coefficient (Wildman–Crippen LogP) is 8.51. The van der Waals surface area contributed by atoms with Crippen LogP contribution in [-0.2, 0) is 0 Å². The quantitative estimate of drug-likeness (QED) is 0.177. The number of hydrogen-bond donors (Lipinski definition) is 2. The highest BCUT2D eigenvalue weighted by atomic mass is 79.9. The van der Waals surface area contributed by atoms with Crippen LogP contribution < -0.4 is 10.6 Å². The summed E-state index contributed by atoms with van der Waals surface area (Å²) in [5.74, 6) is -2.00. The zero-order valence-corrected chi connectivity index (χ0v) is 22.6. The van der Waals surface area contributed by atoms with E-state index in [-0.39, 0.29) is 37.2 Å². The first-order valence-electron chi connectivity index (χ1n) is 9.39. The summed E-state index contributed by atoms with van der Waals surface area (Å²) >= 11 is 31.0. The van der Waals surface area contributed by atoms with Crippen molar-refractivity contribution in [3.05, 3.63) is 72.6 Å². The minimum absolute atomic E-state index is 0.0389. The minimum Gasteiger partial charge on any atom is -0.369 e. The molecule has 0 aromatic heterocycles. The van der Waals surface area contributed by atoms with Gasteiger partial charge in [0.05, 0.1) is 32.5 Å². The molecule has 0 spiro atoms. The highest BCUT2D eigenvalue weighted by Crippen LogP contribution is 2.41. The van der Waals surface area contributed by atoms with Crippen LogP contribution in [0.1, 0.15) is 22.6 Å². The number of rotatable bonds is 7. The molecular formula is C21H14BrCl3F6N2S2. The Morgan fingerprint density at radius 1 is 0.971 bits per heavy atom. The van der Waals surface area contributed by atoms with Gasteiger partial charge in [-0.3, -0.25) is 0 Å². The number of allylic oxidation sites excluding steroid dienone is 1. The molecule has 2 N–H and O–H groups in total. The lowest BCUT2D eigenvalue weighted by Crippen LogP contribution is -2.39. The number of benzene rings is 2. The monoisotopic (exact) mass is 656 g/mol. The van der Waals surface area contributed by atoms with Gasteiger partial charge in [-0.05, 0) is 29.3 Å². The maximum Gasteiger partial charge on any atom is 0.405 e. The third-order valence-corrected chi connectivity index (χ3v) is 6.84. The van der Waals surface area contributed by atoms with Crippen LogP contribution in [0.25, 0.3) is 6.08 Å². The molecule has 0 aliphatic rings. The van der Waals surface area contributed by atoms with E-state index >= 15 is 0 Å². The highest BCUT2D eigenvalue weighted by Gasteiger charge is 2.39. The average molecular weight is 659 g/mol. The van der Waals surface area contributed by atoms with E-state index in [1.54, 1.807) is 6.07 Å². The fourth-order valence-corrected chi connectivity index (χ4v) is 4.44. The van der Waals surface area contributed by atoms with Crippen LogP contribution in [-0.4, -0.2) is 35.4 Å². The molecule has 2 rings (SSSR count). The molecule has 190 valence electrons. The molecule has 0 bridgehead atoms. The molecule has 2 aromatic carbocycles. The van der Waals surface area contributed by atoms with Gasteiger partial charge in [-0.2, -0.15) is 26.3 Å². The van der Waals surface area contributed by atoms with E-state index in [2.05, 4.69) is 26.6 Å². The summed E-state index contributed by atoms with van der Waals surface area (Å²) in [6, 6.07) is 6.82. The van der Waals surface area contributed by atoms with Crippen LogP contribution in [0.4, 0.5) is 26.3 Å². The van der Waals surface area contributed by atoms with Crippen molar-refractivity contribution >= 4 is 91.2 Å². The molecule has 0 aliphatic carbocycles. The van der Waals surface area contributed by atoms with Crippen LogP contribution in [0.15, 0.2) is 40.9 Å². The Morgan fingerprint density at radius 2 is 1.57 bits per heavy atom. The van der Waals surface area contributed by atoms with E-state index < -0.39 is 24.8 Å². The molecule has 1 unspecified atom stereocenters. The van der Waals surface area contributed by atoms with E-state index in [1.807, 2.05) is 0 Å². The van der Waals surface area contributed by atoms with Gasteiger partial charge < -0.3 is 10.6 Å². The first kappa shape index (κ1) is 30.1. The summed E-state index contributed by atoms with van der Waals surface area (Å²) in [6.45, 7) is -1.39. The number of hydrogen-bond acceptors (Lipinski definition) is 2. The largest absolute Gasteiger partial charge is 0.405 e. The maximum absolute atomic E-state index is 13.7. The van der Waals surface area contributed by atoms with Crippen LogP contribution in [0.5, 0.6) is 0 Å². The van der Waals surface area contributed by atoms with Crippen molar-refractivity contribution in [2.75, 3.05) is 13.1 Å². The smallest absolute Gasteiger partial charge is 0.369 e. The van der Waals surface area contributed by atoms with Crippen molar-refractivity contribution in [3.63, 3.8) is 0 Å². The van der Waals surface area contributed by atoms with Crippen molar-refractivity contribution < 1.29 is 26.3 Å². The molecule has 2 aromatic rings. The van der Waals surface area contributed by atoms with Gasteiger partial charge in [0.1, 0.15) is 11.5 Å². The number of thiocarbonyl (C=S) groups is 2. The van der Waals surface area contributed by atoms with E-state index in [0.717, 1.165) is 18.2 Å². The van der Waals surface area contributed by atoms with E-state index in [0.29, 0.717) is 15.6 Å². The standard InChI is InChI=1S/C21H14BrCl3F6N2S2/c22-14-5-10(1-3-12(14)19(35)32-8-17(34)33-9-20(26,27)28)2-4-13(21(29,30)31)11-6-15(23)18(25)16(24)7-11/h1-7,13H,8-9H2,(H,32,35)(H,33,34). The van der Waals surface area contributed by atoms with Gasteiger partial charge in [0, 0.05) is 10.0 Å². The highest BCUT2D eigenvalue weighted by molar-refractivity contribution is 9.10. The minimum atomic E-state index is -4.63. The summed E-state index contributed by atoms with van der Waals surface area (Å²) in [5, 5.41) is 4.56. The Balaban J connectivity index is 2.15. The van der Waals surface area contributed by atoms with Crippen LogP contribution in [0.2, 0.25) is 15.1 Å². The number of nitrogens with one attached hydrogen (secondary N) is 2. The molecule has 0 amide bonds. The zero-order chi connectivity index (χ0) is 26.6. The lowest BCUT2D eigenvalue weighted by molar-refractivity contribution is -0.139. The Labute approximate surface area is 231 Å². The van der Waals surface area contributed by atoms with Gasteiger partial charge in [-0.1, -0.05) is 99.5 Å². The van der Waals surface area contributed by atoms with Gasteiger partial charge >= 0.3 is 12.4 Å². The molecule has 35 heavy (non-hydrogen) atoms. The van der Waals surface area contributed by atoms with Crippen LogP contribution in [0.3, 0.4) is 0 Å². The Kier molecular flexibility index (Phi) is 10.7. The fraction of sp³-hybridized carbons (Fsp3) is 0.238. The maximum atomic E-state index is 13.7. The summed E-state index contributed by atoms with van der Waals surface area (Å²) in [5.41, 5.74) is 0.718. The van der Waals surface area contributed by atoms with Gasteiger partial charge in [0.2, 0.25) is 0 Å². The normalized spacial score (nSPS) is 13.1. The van der Waals surface area contributed by atoms with Crippen LogP contribution in [0, 0.1) is 0 Å². The summed E-state index contributed by atoms with van der Waals surface area (Å²) in [4.78, 5) is 0.100. The first-order valence-corrected chi connectivity index (χ1v) is 12.1. The summed E-state index contributed by atoms with van der Waals surface area (Å²) < 4.78 is 78.3. The third-order valence-electron chi connectivity index (χ3n) is 4.33. The van der Waals surface area contributed by atoms with Crippen molar-refractivity contribution in [1.29, 1.82) is 0 Å². The molecule has 0 heterocycles. The molecular weight excluding hydrogens is 645 g/mol. The summed E-state index contributed by atoms with van der Waals surface area (Å²) in [7, 11) is 0. The second-order valence-electron chi connectivity index (χ2n) is 6.99. The van der Waals surface area contributed by atoms with Gasteiger partial charge in [0.25, 0.3) is 0 Å². The van der Waals surface area contributed by atoms with Crippen LogP contribution >= 0.6 is 75.2 Å². The number of halogens is 10. The van der Waals surface area contributed by atoms with Crippen molar-refractivity contribution in [3.8, 4) is 0 Å². The average Bonchev–Trinajstić information content (AvgIpc) is 2.73. The Hall–Kier alpha value is -1.11. The molecule has 1 atom stereocenters. The van der Waals surface area contributed by atoms with Crippen molar-refractivity contribution in [2.45, 2.75) is 18.3 Å². The summed E-state index contributed by atoms with van der Waals surface area (Å²) in [6.07, 6.45) is -6.80. The second-order valence-corrected chi connectivity index (χ2v) is 9.94. The van der Waals surface area contributed by atoms with Gasteiger partial charge in [0.15, 0.2) is 0 Å². The lowest BCUT2D eigenvalue weighted by atomic mass is 9.97. The molecule has 0 saturated heterocycles. The zero-order valence-electron chi connectivity index (χ0n) is 17.1. The number of alkyl halides is 6. The fourth-order valence-electron chi connectivity index (χ4n) is 2.71. The predicted molar refractivity (Wildman–Crippen MR) is 140 cm³/mol. The Bertz CT molecular complexity index is 1120. The topological polar surface area (TPSA) is 24.1 Å². The Morgan fingerprint density at radius 3 is 2.09 bits per heavy atom. The van der Waals surface area contributed by atoms with Gasteiger partial charge in [-0.25, -0.2) is 0 Å². The molecule has 14 heteroatoms. The lowest BCUT2D eigenvalue weighted by Gasteiger charge is -2.18. The van der Waals surface area contributed by atoms with E-state index in [1.165, 1.54) is 18.2 Å². The first-order chi connectivity index (χ1) is 16.1. The SMILES string of the molecule is FC(F)(F)CNC(=S)CNC(=S)c1ccc(C=CC(c2cc(Cl)c(Cl)c(Cl)c2)C(F)(F)F)cc1Br. The molecule has 0 saturated carbocycles. The van der Waals surface area contributed by atoms with E-state index in [9.17, 15) is 26.3 Å². The second kappa shape index (κ2) is 12.4. The van der Waals surface area contributed by atoms with Crippen molar-refractivity contribution in [2.24, 2.45) is 0 Å². The van der Waals surface area contributed by atoms with Gasteiger partial charge in [-0.15, -0.1) is 0 Å². The third kappa shape index (κ3) is 9.36. The molecule has 0 radical (unpaired) electrons. The van der Waals surface area contributed by atoms with E-state index in [4.69, 9.17) is 59.2 Å². The molecule has 2 nitrogen and oxygen atoms in total. The molecule has 0 fully saturated rings. The van der Waals surface area contributed by atoms with Crippen molar-refractivity contribution in [1.82, 2.24) is 10.6 Å². The molecule has 0 aliphatic heterocycles.